The summed E-state index contributed by atoms with van der Waals surface area (Å²) in [5.41, 5.74) is 19.2. The van der Waals surface area contributed by atoms with E-state index in [2.05, 4.69) is 5.10 Å². The molecule has 7 rings (SSSR count). The van der Waals surface area contributed by atoms with E-state index in [1.165, 1.54) is 10.6 Å². The number of nitrogens with two attached hydrogens (primary N) is 3. The first-order valence-electron chi connectivity index (χ1n) is 19.5. The number of carboxylic acids is 2. The first kappa shape index (κ1) is 49.6. The lowest BCUT2D eigenvalue weighted by Gasteiger charge is -2.34. The number of aryl methyl sites for hydroxylation is 1. The topological polar surface area (TPSA) is 214 Å². The van der Waals surface area contributed by atoms with Gasteiger partial charge in [-0.15, -0.1) is 47.0 Å². The molecular formula is C47H50Cl3N7O6. The molecule has 330 valence electrons. The number of carboxylic acid groups (broad SMARTS) is 2. The Kier molecular flexibility index (Phi) is 15.7. The van der Waals surface area contributed by atoms with E-state index in [1.807, 2.05) is 80.2 Å². The van der Waals surface area contributed by atoms with E-state index in [4.69, 9.17) is 17.2 Å². The molecule has 2 aromatic heterocycles. The summed E-state index contributed by atoms with van der Waals surface area (Å²) in [5.74, 6) is -4.06. The van der Waals surface area contributed by atoms with Gasteiger partial charge in [-0.25, -0.2) is 19.0 Å². The van der Waals surface area contributed by atoms with Crippen LogP contribution in [0.3, 0.4) is 0 Å². The molecule has 3 atom stereocenters. The third-order valence-corrected chi connectivity index (χ3v) is 11.2. The molecule has 63 heavy (non-hydrogen) atoms. The van der Waals surface area contributed by atoms with Crippen LogP contribution < -0.4 is 22.9 Å². The van der Waals surface area contributed by atoms with Gasteiger partial charge >= 0.3 is 17.6 Å². The molecule has 7 aromatic rings. The number of aliphatic carboxylic acids is 2. The van der Waals surface area contributed by atoms with Gasteiger partial charge in [0.2, 0.25) is 0 Å². The van der Waals surface area contributed by atoms with Crippen LogP contribution in [0.4, 0.5) is 0 Å². The zero-order valence-electron chi connectivity index (χ0n) is 34.8. The molecule has 8 N–H and O–H groups in total. The van der Waals surface area contributed by atoms with Gasteiger partial charge in [0.15, 0.2) is 5.82 Å². The lowest BCUT2D eigenvalue weighted by Crippen LogP contribution is -2.50. The van der Waals surface area contributed by atoms with Gasteiger partial charge in [0.1, 0.15) is 11.1 Å². The van der Waals surface area contributed by atoms with Crippen LogP contribution in [-0.4, -0.2) is 53.0 Å². The summed E-state index contributed by atoms with van der Waals surface area (Å²) < 4.78 is 3.87. The van der Waals surface area contributed by atoms with Crippen LogP contribution in [0.5, 0.6) is 0 Å². The monoisotopic (exact) mass is 913 g/mol. The van der Waals surface area contributed by atoms with E-state index >= 15 is 0 Å². The summed E-state index contributed by atoms with van der Waals surface area (Å²) in [4.78, 5) is 56.1. The Morgan fingerprint density at radius 3 is 1.71 bits per heavy atom. The average molecular weight is 915 g/mol. The second-order valence-corrected chi connectivity index (χ2v) is 15.7. The fourth-order valence-corrected chi connectivity index (χ4v) is 7.88. The largest absolute Gasteiger partial charge is 0.480 e. The first-order chi connectivity index (χ1) is 28.6. The molecule has 0 radical (unpaired) electrons. The van der Waals surface area contributed by atoms with Crippen molar-refractivity contribution in [2.24, 2.45) is 24.2 Å². The van der Waals surface area contributed by atoms with Crippen molar-refractivity contribution >= 4 is 66.0 Å². The maximum atomic E-state index is 14.8. The molecule has 13 nitrogen and oxygen atoms in total. The van der Waals surface area contributed by atoms with Gasteiger partial charge in [-0.05, 0) is 82.1 Å². The number of hydrogen-bond donors (Lipinski definition) is 5. The lowest BCUT2D eigenvalue weighted by molar-refractivity contribution is -0.144. The molecule has 0 aliphatic heterocycles. The number of halogens is 3. The highest BCUT2D eigenvalue weighted by molar-refractivity contribution is 5.89. The number of nitrogens with zero attached hydrogens (tertiary/aromatic N) is 4. The highest BCUT2D eigenvalue weighted by Crippen LogP contribution is 2.41. The molecule has 0 amide bonds. The molecular weight excluding hydrogens is 865 g/mol. The van der Waals surface area contributed by atoms with E-state index in [0.717, 1.165) is 16.5 Å². The van der Waals surface area contributed by atoms with E-state index in [-0.39, 0.29) is 84.9 Å². The molecule has 2 heterocycles. The van der Waals surface area contributed by atoms with Gasteiger partial charge in [0, 0.05) is 42.6 Å². The first-order valence-corrected chi connectivity index (χ1v) is 19.5. The van der Waals surface area contributed by atoms with Gasteiger partial charge in [-0.2, -0.15) is 0 Å². The number of benzene rings is 5. The molecule has 5 aromatic carbocycles. The Hall–Kier alpha value is -6.06. The molecule has 0 bridgehead atoms. The quantitative estimate of drug-likeness (QED) is 0.0774. The van der Waals surface area contributed by atoms with Crippen LogP contribution in [0.1, 0.15) is 57.9 Å². The van der Waals surface area contributed by atoms with Crippen LogP contribution in [0.2, 0.25) is 0 Å². The van der Waals surface area contributed by atoms with Gasteiger partial charge in [-0.1, -0.05) is 105 Å². The Morgan fingerprint density at radius 2 is 1.21 bits per heavy atom. The molecule has 0 saturated carbocycles. The summed E-state index contributed by atoms with van der Waals surface area (Å²) in [6, 6.07) is 35.8. The Bertz CT molecular complexity index is 2800. The van der Waals surface area contributed by atoms with Gasteiger partial charge < -0.3 is 32.0 Å². The maximum absolute atomic E-state index is 14.8. The van der Waals surface area contributed by atoms with E-state index in [1.54, 1.807) is 72.8 Å². The number of carbonyl (C=O) groups excluding carboxylic acids is 1. The van der Waals surface area contributed by atoms with Crippen molar-refractivity contribution in [2.45, 2.75) is 56.1 Å². The molecule has 0 aliphatic carbocycles. The summed E-state index contributed by atoms with van der Waals surface area (Å²) >= 11 is 0. The summed E-state index contributed by atoms with van der Waals surface area (Å²) in [6.07, 6.45) is 1.59. The van der Waals surface area contributed by atoms with Crippen LogP contribution >= 0.6 is 37.2 Å². The van der Waals surface area contributed by atoms with E-state index in [9.17, 15) is 29.4 Å². The van der Waals surface area contributed by atoms with Gasteiger partial charge in [0.25, 0.3) is 5.91 Å². The zero-order valence-corrected chi connectivity index (χ0v) is 37.2. The number of aromatic nitrogens is 4. The Balaban J connectivity index is 0.00000290. The zero-order chi connectivity index (χ0) is 42.9. The summed E-state index contributed by atoms with van der Waals surface area (Å²) in [5, 5.41) is 27.6. The number of rotatable bonds is 14. The Labute approximate surface area is 382 Å². The second-order valence-electron chi connectivity index (χ2n) is 15.7. The highest BCUT2D eigenvalue weighted by atomic mass is 35.5. The predicted molar refractivity (Wildman–Crippen MR) is 252 cm³/mol. The van der Waals surface area contributed by atoms with Crippen molar-refractivity contribution < 1.29 is 24.6 Å². The number of carbonyl (C=O) groups is 3. The van der Waals surface area contributed by atoms with E-state index < -0.39 is 40.7 Å². The lowest BCUT2D eigenvalue weighted by atomic mass is 9.74. The smallest absolute Gasteiger partial charge is 0.358 e. The highest BCUT2D eigenvalue weighted by Gasteiger charge is 2.45. The van der Waals surface area contributed by atoms with Crippen molar-refractivity contribution in [3.63, 3.8) is 0 Å². The van der Waals surface area contributed by atoms with Gasteiger partial charge in [-0.3, -0.25) is 4.79 Å². The molecule has 0 spiro atoms. The number of hydrogen-bond acceptors (Lipinski definition) is 8. The average Bonchev–Trinajstić information content (AvgIpc) is 3.79. The van der Waals surface area contributed by atoms with Crippen molar-refractivity contribution in [3.05, 3.63) is 177 Å². The molecule has 0 aliphatic rings. The molecule has 0 fully saturated rings. The fraction of sp³-hybridized carbons (Fsp3) is 0.213. The van der Waals surface area contributed by atoms with Gasteiger partial charge in [0.05, 0.1) is 11.7 Å². The summed E-state index contributed by atoms with van der Waals surface area (Å²) in [7, 11) is 1.89. The Morgan fingerprint density at radius 1 is 0.698 bits per heavy atom. The minimum Gasteiger partial charge on any atom is -0.480 e. The molecule has 16 heteroatoms. The fourth-order valence-electron chi connectivity index (χ4n) is 7.88. The van der Waals surface area contributed by atoms with Crippen LogP contribution in [0, 0.1) is 0 Å². The molecule has 3 unspecified atom stereocenters. The van der Waals surface area contributed by atoms with Crippen LogP contribution in [0.25, 0.3) is 28.0 Å². The number of fused-ring (bicyclic) bond motifs is 1. The predicted octanol–water partition coefficient (Wildman–Crippen LogP) is 6.75. The second kappa shape index (κ2) is 20.0. The standard InChI is InChI=1S/C47H47N7O6.3ClH/c1-29(2)35-25-36(38(47(50,44(58)59)28-32-17-11-6-12-18-32)26-37(35)46(49,43(56)57)27-31-15-9-5-10-16-31)41-51-54(42(55)39(48)23-30-13-7-4-8-14-30)45(60)53(41)34-19-20-40-33(24-34)21-22-52(40)3;;;/h4-22,24-26,29,39H,23,27-28,48-50H2,1-3H3,(H,56,57)(H,58,59);3*1H. The van der Waals surface area contributed by atoms with Crippen LogP contribution in [-0.2, 0) is 47.0 Å². The van der Waals surface area contributed by atoms with Crippen molar-refractivity contribution in [1.29, 1.82) is 0 Å². The van der Waals surface area contributed by atoms with Crippen molar-refractivity contribution in [1.82, 2.24) is 18.9 Å². The third kappa shape index (κ3) is 9.64. The third-order valence-electron chi connectivity index (χ3n) is 11.2. The SMILES string of the molecule is CC(C)c1cc(-c2nn(C(=O)C(N)Cc3ccccc3)c(=O)n2-c2ccc3c(ccn3C)c2)c(C(N)(Cc2ccccc2)C(=O)O)cc1C(N)(Cc1ccccc1)C(=O)O.Cl.Cl.Cl. The summed E-state index contributed by atoms with van der Waals surface area (Å²) in [6.45, 7) is 3.70. The van der Waals surface area contributed by atoms with E-state index in [0.29, 0.717) is 27.1 Å². The van der Waals surface area contributed by atoms with Crippen molar-refractivity contribution in [2.75, 3.05) is 0 Å². The van der Waals surface area contributed by atoms with Crippen molar-refractivity contribution in [3.8, 4) is 17.1 Å². The normalized spacial score (nSPS) is 13.4. The minimum atomic E-state index is -2.26. The molecule has 0 saturated heterocycles. The maximum Gasteiger partial charge on any atom is 0.358 e. The minimum absolute atomic E-state index is 0. The van der Waals surface area contributed by atoms with Crippen LogP contribution in [0.15, 0.2) is 138 Å².